The number of nitrogens with two attached hydrogens (primary N) is 1. The van der Waals surface area contributed by atoms with Crippen molar-refractivity contribution in [3.63, 3.8) is 0 Å². The maximum absolute atomic E-state index is 11.0. The fourth-order valence-corrected chi connectivity index (χ4v) is 1.60. The van der Waals surface area contributed by atoms with Crippen LogP contribution in [-0.2, 0) is 10.0 Å². The Morgan fingerprint density at radius 1 is 1.62 bits per heavy atom. The van der Waals surface area contributed by atoms with Gasteiger partial charge in [-0.25, -0.2) is 18.5 Å². The van der Waals surface area contributed by atoms with Gasteiger partial charge in [0.25, 0.3) is 10.0 Å². The number of aromatic nitrogens is 1. The van der Waals surface area contributed by atoms with Gasteiger partial charge in [-0.2, -0.15) is 0 Å². The largest absolute Gasteiger partial charge is 0.383 e. The van der Waals surface area contributed by atoms with Gasteiger partial charge in [0.2, 0.25) is 0 Å². The first-order valence-electron chi connectivity index (χ1n) is 3.77. The Labute approximate surface area is 77.0 Å². The van der Waals surface area contributed by atoms with Crippen molar-refractivity contribution in [3.8, 4) is 0 Å². The number of nitrogens with zero attached hydrogens (tertiary/aromatic N) is 1. The van der Waals surface area contributed by atoms with Crippen LogP contribution in [0.25, 0.3) is 0 Å². The molecule has 3 N–H and O–H groups in total. The third-order valence-corrected chi connectivity index (χ3v) is 2.27. The van der Waals surface area contributed by atoms with Gasteiger partial charge in [-0.1, -0.05) is 0 Å². The van der Waals surface area contributed by atoms with E-state index < -0.39 is 10.0 Å². The molecule has 1 aromatic rings. The Morgan fingerprint density at radius 2 is 2.31 bits per heavy atom. The van der Waals surface area contributed by atoms with Crippen LogP contribution in [0.1, 0.15) is 6.92 Å². The fraction of sp³-hybridized carbons (Fsp3) is 0.286. The molecule has 1 rings (SSSR count). The standard InChI is InChI=1S/C7H11N3O2S/c1-2-9-6-4-3-5-10-7(6)13(8,11)12/h3-5,9H,2H2,1H3,(H2,8,11,12). The third kappa shape index (κ3) is 2.40. The average Bonchev–Trinajstić information content (AvgIpc) is 2.04. The van der Waals surface area contributed by atoms with E-state index in [2.05, 4.69) is 10.3 Å². The van der Waals surface area contributed by atoms with Crippen molar-refractivity contribution in [2.45, 2.75) is 11.9 Å². The molecule has 0 saturated carbocycles. The van der Waals surface area contributed by atoms with E-state index in [9.17, 15) is 8.42 Å². The van der Waals surface area contributed by atoms with Gasteiger partial charge in [0.15, 0.2) is 5.03 Å². The molecule has 0 radical (unpaired) electrons. The number of primary sulfonamides is 1. The summed E-state index contributed by atoms with van der Waals surface area (Å²) < 4.78 is 22.0. The predicted molar refractivity (Wildman–Crippen MR) is 49.8 cm³/mol. The second kappa shape index (κ2) is 3.71. The second-order valence-corrected chi connectivity index (χ2v) is 3.91. The number of anilines is 1. The molecule has 0 unspecified atom stereocenters. The lowest BCUT2D eigenvalue weighted by molar-refractivity contribution is 0.594. The number of sulfonamides is 1. The predicted octanol–water partition coefficient (Wildman–Crippen LogP) is 0.161. The maximum Gasteiger partial charge on any atom is 0.257 e. The molecule has 0 bridgehead atoms. The Balaban J connectivity index is 3.20. The summed E-state index contributed by atoms with van der Waals surface area (Å²) in [6.45, 7) is 2.48. The van der Waals surface area contributed by atoms with E-state index in [4.69, 9.17) is 5.14 Å². The summed E-state index contributed by atoms with van der Waals surface area (Å²) in [6.07, 6.45) is 1.39. The maximum atomic E-state index is 11.0. The van der Waals surface area contributed by atoms with E-state index in [0.29, 0.717) is 12.2 Å². The molecule has 1 heterocycles. The van der Waals surface area contributed by atoms with Gasteiger partial charge in [-0.15, -0.1) is 0 Å². The molecule has 0 aliphatic carbocycles. The van der Waals surface area contributed by atoms with Crippen LogP contribution in [-0.4, -0.2) is 19.9 Å². The van der Waals surface area contributed by atoms with Gasteiger partial charge in [-0.05, 0) is 19.1 Å². The van der Waals surface area contributed by atoms with Crippen LogP contribution in [0.4, 0.5) is 5.69 Å². The highest BCUT2D eigenvalue weighted by atomic mass is 32.2. The van der Waals surface area contributed by atoms with Gasteiger partial charge in [0, 0.05) is 12.7 Å². The van der Waals surface area contributed by atoms with E-state index in [1.807, 2.05) is 6.92 Å². The van der Waals surface area contributed by atoms with Crippen molar-refractivity contribution in [1.29, 1.82) is 0 Å². The monoisotopic (exact) mass is 201 g/mol. The first kappa shape index (κ1) is 9.94. The number of nitrogens with one attached hydrogen (secondary N) is 1. The van der Waals surface area contributed by atoms with Crippen molar-refractivity contribution in [3.05, 3.63) is 18.3 Å². The van der Waals surface area contributed by atoms with Crippen LogP contribution in [0.15, 0.2) is 23.4 Å². The molecule has 0 aromatic carbocycles. The van der Waals surface area contributed by atoms with Crippen molar-refractivity contribution in [2.24, 2.45) is 5.14 Å². The summed E-state index contributed by atoms with van der Waals surface area (Å²) in [5.74, 6) is 0. The Morgan fingerprint density at radius 3 is 2.85 bits per heavy atom. The minimum atomic E-state index is -3.73. The van der Waals surface area contributed by atoms with E-state index >= 15 is 0 Å². The van der Waals surface area contributed by atoms with E-state index in [-0.39, 0.29) is 5.03 Å². The molecular formula is C7H11N3O2S. The molecule has 1 aromatic heterocycles. The highest BCUT2D eigenvalue weighted by molar-refractivity contribution is 7.89. The zero-order valence-corrected chi connectivity index (χ0v) is 8.00. The van der Waals surface area contributed by atoms with E-state index in [0.717, 1.165) is 0 Å². The molecule has 0 spiro atoms. The number of pyridine rings is 1. The molecule has 72 valence electrons. The summed E-state index contributed by atoms with van der Waals surface area (Å²) >= 11 is 0. The minimum absolute atomic E-state index is 0.114. The van der Waals surface area contributed by atoms with Gasteiger partial charge in [0.05, 0.1) is 5.69 Å². The van der Waals surface area contributed by atoms with Crippen molar-refractivity contribution in [2.75, 3.05) is 11.9 Å². The van der Waals surface area contributed by atoms with E-state index in [1.165, 1.54) is 6.20 Å². The fourth-order valence-electron chi connectivity index (χ4n) is 0.943. The van der Waals surface area contributed by atoms with Crippen LogP contribution < -0.4 is 10.5 Å². The van der Waals surface area contributed by atoms with Crippen molar-refractivity contribution >= 4 is 15.7 Å². The molecule has 0 amide bonds. The molecule has 0 saturated heterocycles. The molecule has 0 atom stereocenters. The third-order valence-electron chi connectivity index (χ3n) is 1.41. The summed E-state index contributed by atoms with van der Waals surface area (Å²) in [5, 5.41) is 7.70. The van der Waals surface area contributed by atoms with Crippen LogP contribution >= 0.6 is 0 Å². The number of hydrogen-bond donors (Lipinski definition) is 2. The molecule has 5 nitrogen and oxygen atoms in total. The van der Waals surface area contributed by atoms with Gasteiger partial charge < -0.3 is 5.32 Å². The molecule has 0 aliphatic heterocycles. The SMILES string of the molecule is CCNc1cccnc1S(N)(=O)=O. The van der Waals surface area contributed by atoms with Crippen molar-refractivity contribution in [1.82, 2.24) is 4.98 Å². The van der Waals surface area contributed by atoms with Crippen molar-refractivity contribution < 1.29 is 8.42 Å². The van der Waals surface area contributed by atoms with Crippen LogP contribution in [0.3, 0.4) is 0 Å². The summed E-state index contributed by atoms with van der Waals surface area (Å²) in [4.78, 5) is 3.69. The number of rotatable bonds is 3. The quantitative estimate of drug-likeness (QED) is 0.729. The zero-order chi connectivity index (χ0) is 9.90. The summed E-state index contributed by atoms with van der Waals surface area (Å²) in [7, 11) is -3.73. The molecular weight excluding hydrogens is 190 g/mol. The number of hydrogen-bond acceptors (Lipinski definition) is 4. The second-order valence-electron chi connectivity index (χ2n) is 2.43. The van der Waals surface area contributed by atoms with Crippen LogP contribution in [0.2, 0.25) is 0 Å². The first-order chi connectivity index (χ1) is 6.05. The Bertz CT molecular complexity index is 388. The highest BCUT2D eigenvalue weighted by Gasteiger charge is 2.13. The molecule has 13 heavy (non-hydrogen) atoms. The topological polar surface area (TPSA) is 85.1 Å². The Kier molecular flexibility index (Phi) is 2.84. The highest BCUT2D eigenvalue weighted by Crippen LogP contribution is 2.15. The zero-order valence-electron chi connectivity index (χ0n) is 7.19. The van der Waals surface area contributed by atoms with Crippen LogP contribution in [0, 0.1) is 0 Å². The van der Waals surface area contributed by atoms with Gasteiger partial charge in [-0.3, -0.25) is 0 Å². The lowest BCUT2D eigenvalue weighted by atomic mass is 10.4. The average molecular weight is 201 g/mol. The molecule has 0 fully saturated rings. The smallest absolute Gasteiger partial charge is 0.257 e. The molecule has 6 heteroatoms. The van der Waals surface area contributed by atoms with Gasteiger partial charge >= 0.3 is 0 Å². The molecule has 0 aliphatic rings. The summed E-state index contributed by atoms with van der Waals surface area (Å²) in [6, 6.07) is 3.27. The lowest BCUT2D eigenvalue weighted by Crippen LogP contribution is -2.16. The van der Waals surface area contributed by atoms with E-state index in [1.54, 1.807) is 12.1 Å². The van der Waals surface area contributed by atoms with Gasteiger partial charge in [0.1, 0.15) is 0 Å². The normalized spacial score (nSPS) is 11.2. The Hall–Kier alpha value is -1.14. The first-order valence-corrected chi connectivity index (χ1v) is 5.32. The van der Waals surface area contributed by atoms with Crippen LogP contribution in [0.5, 0.6) is 0 Å². The minimum Gasteiger partial charge on any atom is -0.383 e. The summed E-state index contributed by atoms with van der Waals surface area (Å²) in [5.41, 5.74) is 0.438. The lowest BCUT2D eigenvalue weighted by Gasteiger charge is -2.06.